The van der Waals surface area contributed by atoms with Gasteiger partial charge in [-0.1, -0.05) is 12.1 Å². The minimum Gasteiger partial charge on any atom is -0.496 e. The van der Waals surface area contributed by atoms with Crippen molar-refractivity contribution >= 4 is 35.0 Å². The van der Waals surface area contributed by atoms with Crippen LogP contribution in [0.3, 0.4) is 0 Å². The van der Waals surface area contributed by atoms with Crippen LogP contribution in [0.15, 0.2) is 42.5 Å². The third-order valence-electron chi connectivity index (χ3n) is 4.96. The third kappa shape index (κ3) is 4.44. The van der Waals surface area contributed by atoms with Gasteiger partial charge in [-0.25, -0.2) is 9.91 Å². The topological polar surface area (TPSA) is 148 Å². The Hall–Kier alpha value is -4.48. The molecule has 0 saturated carbocycles. The summed E-state index contributed by atoms with van der Waals surface area (Å²) in [5.41, 5.74) is 2.19. The largest absolute Gasteiger partial charge is 0.496 e. The van der Waals surface area contributed by atoms with Crippen LogP contribution < -0.4 is 19.8 Å². The molecule has 33 heavy (non-hydrogen) atoms. The lowest BCUT2D eigenvalue weighted by Crippen LogP contribution is -2.54. The first-order valence-corrected chi connectivity index (χ1v) is 9.62. The Morgan fingerprint density at radius 3 is 2.39 bits per heavy atom. The summed E-state index contributed by atoms with van der Waals surface area (Å²) in [4.78, 5) is 62.0. The highest BCUT2D eigenvalue weighted by atomic mass is 16.6. The average molecular weight is 456 g/mol. The number of non-ortho nitro benzene ring substituents is 1. The van der Waals surface area contributed by atoms with Crippen molar-refractivity contribution in [1.82, 2.24) is 10.4 Å². The van der Waals surface area contributed by atoms with Crippen LogP contribution in [0.1, 0.15) is 23.7 Å². The van der Waals surface area contributed by atoms with E-state index in [2.05, 4.69) is 5.43 Å². The Morgan fingerprint density at radius 2 is 1.79 bits per heavy atom. The molecule has 12 nitrogen and oxygen atoms in total. The van der Waals surface area contributed by atoms with Gasteiger partial charge in [-0.3, -0.25) is 34.7 Å². The van der Waals surface area contributed by atoms with E-state index in [-0.39, 0.29) is 28.4 Å². The lowest BCUT2D eigenvalue weighted by Gasteiger charge is -2.27. The fraction of sp³-hybridized carbons (Fsp3) is 0.238. The molecule has 2 aromatic carbocycles. The highest BCUT2D eigenvalue weighted by Crippen LogP contribution is 2.35. The second kappa shape index (κ2) is 9.34. The van der Waals surface area contributed by atoms with Crippen molar-refractivity contribution in [2.24, 2.45) is 0 Å². The van der Waals surface area contributed by atoms with Crippen LogP contribution in [-0.4, -0.2) is 53.8 Å². The Kier molecular flexibility index (Phi) is 6.56. The van der Waals surface area contributed by atoms with Crippen molar-refractivity contribution in [3.63, 3.8) is 0 Å². The highest BCUT2D eigenvalue weighted by molar-refractivity contribution is 6.23. The van der Waals surface area contributed by atoms with Crippen LogP contribution in [0.2, 0.25) is 0 Å². The second-order valence-electron chi connectivity index (χ2n) is 6.93. The van der Waals surface area contributed by atoms with Crippen LogP contribution in [0.25, 0.3) is 0 Å². The molecular formula is C21H20N4O8. The number of rotatable bonds is 6. The molecule has 1 aliphatic heterocycles. The lowest BCUT2D eigenvalue weighted by molar-refractivity contribution is -0.384. The molecule has 4 amide bonds. The van der Waals surface area contributed by atoms with Gasteiger partial charge < -0.3 is 9.47 Å². The average Bonchev–Trinajstić information content (AvgIpc) is 3.09. The summed E-state index contributed by atoms with van der Waals surface area (Å²) in [6.45, 7) is 1.13. The third-order valence-corrected chi connectivity index (χ3v) is 4.96. The summed E-state index contributed by atoms with van der Waals surface area (Å²) in [7, 11) is 2.61. The normalized spacial score (nSPS) is 15.2. The Labute approximate surface area is 187 Å². The quantitative estimate of drug-likeness (QED) is 0.390. The zero-order chi connectivity index (χ0) is 24.3. The van der Waals surface area contributed by atoms with Gasteiger partial charge in [0.2, 0.25) is 11.8 Å². The van der Waals surface area contributed by atoms with Gasteiger partial charge in [0.25, 0.3) is 17.5 Å². The molecule has 1 N–H and O–H groups in total. The number of ether oxygens (including phenoxy) is 2. The van der Waals surface area contributed by atoms with E-state index in [9.17, 15) is 29.3 Å². The van der Waals surface area contributed by atoms with E-state index in [0.717, 1.165) is 29.0 Å². The number of anilines is 1. The van der Waals surface area contributed by atoms with Gasteiger partial charge in [0, 0.05) is 13.0 Å². The SMILES string of the molecule is COc1ccccc1C(=O)NN(C(C)=O)C1CC(=O)N(c2ccc([N+](=O)[O-])cc2OC)C1=O. The Morgan fingerprint density at radius 1 is 1.12 bits per heavy atom. The van der Waals surface area contributed by atoms with E-state index in [4.69, 9.17) is 9.47 Å². The molecule has 1 saturated heterocycles. The number of amides is 4. The maximum Gasteiger partial charge on any atom is 0.273 e. The molecule has 12 heteroatoms. The number of para-hydroxylation sites is 1. The number of hydrogen-bond acceptors (Lipinski definition) is 8. The molecule has 0 radical (unpaired) electrons. The Bertz CT molecular complexity index is 1150. The second-order valence-corrected chi connectivity index (χ2v) is 6.93. The van der Waals surface area contributed by atoms with E-state index in [1.807, 2.05) is 0 Å². The summed E-state index contributed by atoms with van der Waals surface area (Å²) in [5.74, 6) is -2.68. The van der Waals surface area contributed by atoms with Gasteiger partial charge in [-0.2, -0.15) is 0 Å². The predicted octanol–water partition coefficient (Wildman–Crippen LogP) is 1.44. The van der Waals surface area contributed by atoms with Crippen LogP contribution in [0.4, 0.5) is 11.4 Å². The van der Waals surface area contributed by atoms with Crippen molar-refractivity contribution in [2.75, 3.05) is 19.1 Å². The molecule has 0 spiro atoms. The highest BCUT2D eigenvalue weighted by Gasteiger charge is 2.45. The molecule has 1 heterocycles. The fourth-order valence-corrected chi connectivity index (χ4v) is 3.41. The molecule has 1 fully saturated rings. The van der Waals surface area contributed by atoms with E-state index in [0.29, 0.717) is 0 Å². The first-order chi connectivity index (χ1) is 15.7. The molecule has 3 rings (SSSR count). The van der Waals surface area contributed by atoms with Crippen molar-refractivity contribution in [2.45, 2.75) is 19.4 Å². The minimum absolute atomic E-state index is 0.0137. The fourth-order valence-electron chi connectivity index (χ4n) is 3.41. The molecule has 0 bridgehead atoms. The zero-order valence-corrected chi connectivity index (χ0v) is 17.9. The van der Waals surface area contributed by atoms with Crippen molar-refractivity contribution in [1.29, 1.82) is 0 Å². The van der Waals surface area contributed by atoms with E-state index in [1.165, 1.54) is 26.4 Å². The van der Waals surface area contributed by atoms with Crippen LogP contribution in [0, 0.1) is 10.1 Å². The molecule has 1 atom stereocenters. The van der Waals surface area contributed by atoms with E-state index >= 15 is 0 Å². The van der Waals surface area contributed by atoms with Crippen molar-refractivity contribution in [3.05, 3.63) is 58.1 Å². The molecule has 2 aromatic rings. The number of nitro benzene ring substituents is 1. The van der Waals surface area contributed by atoms with Gasteiger partial charge in [0.15, 0.2) is 0 Å². The van der Waals surface area contributed by atoms with Crippen molar-refractivity contribution in [3.8, 4) is 11.5 Å². The predicted molar refractivity (Wildman–Crippen MR) is 114 cm³/mol. The summed E-state index contributed by atoms with van der Waals surface area (Å²) < 4.78 is 10.3. The summed E-state index contributed by atoms with van der Waals surface area (Å²) >= 11 is 0. The minimum atomic E-state index is -1.33. The number of imide groups is 1. The number of methoxy groups -OCH3 is 2. The Balaban J connectivity index is 1.91. The summed E-state index contributed by atoms with van der Waals surface area (Å²) in [5, 5.41) is 11.8. The number of hydrogen-bond donors (Lipinski definition) is 1. The van der Waals surface area contributed by atoms with Gasteiger partial charge in [-0.15, -0.1) is 0 Å². The van der Waals surface area contributed by atoms with Gasteiger partial charge in [0.05, 0.1) is 42.9 Å². The standard InChI is InChI=1S/C21H20N4O8/c1-12(26)24(22-20(28)14-6-4-5-7-17(14)32-2)16-11-19(27)23(21(16)29)15-9-8-13(25(30)31)10-18(15)33-3/h4-10,16H,11H2,1-3H3,(H,22,28). The van der Waals surface area contributed by atoms with E-state index in [1.54, 1.807) is 18.2 Å². The number of nitro groups is 1. The summed E-state index contributed by atoms with van der Waals surface area (Å²) in [6, 6.07) is 8.37. The number of nitrogens with one attached hydrogen (secondary N) is 1. The van der Waals surface area contributed by atoms with Gasteiger partial charge in [0.1, 0.15) is 17.5 Å². The summed E-state index contributed by atoms with van der Waals surface area (Å²) in [6.07, 6.45) is -0.412. The number of hydrazine groups is 1. The molecule has 0 aliphatic carbocycles. The van der Waals surface area contributed by atoms with Crippen LogP contribution in [-0.2, 0) is 14.4 Å². The van der Waals surface area contributed by atoms with Crippen LogP contribution in [0.5, 0.6) is 11.5 Å². The first-order valence-electron chi connectivity index (χ1n) is 9.62. The maximum absolute atomic E-state index is 13.1. The lowest BCUT2D eigenvalue weighted by atomic mass is 10.2. The first kappa shape index (κ1) is 23.2. The monoisotopic (exact) mass is 456 g/mol. The number of nitrogens with zero attached hydrogens (tertiary/aromatic N) is 3. The molecule has 1 aliphatic rings. The number of benzene rings is 2. The number of carbonyl (C=O) groups excluding carboxylic acids is 4. The van der Waals surface area contributed by atoms with E-state index < -0.39 is 41.0 Å². The number of carbonyl (C=O) groups is 4. The molecule has 172 valence electrons. The smallest absolute Gasteiger partial charge is 0.273 e. The maximum atomic E-state index is 13.1. The zero-order valence-electron chi connectivity index (χ0n) is 17.9. The van der Waals surface area contributed by atoms with Gasteiger partial charge in [-0.05, 0) is 18.2 Å². The van der Waals surface area contributed by atoms with Crippen molar-refractivity contribution < 1.29 is 33.6 Å². The molecule has 1 unspecified atom stereocenters. The molecular weight excluding hydrogens is 436 g/mol. The molecule has 0 aromatic heterocycles. The van der Waals surface area contributed by atoms with Gasteiger partial charge >= 0.3 is 0 Å². The van der Waals surface area contributed by atoms with Crippen LogP contribution >= 0.6 is 0 Å².